The number of carbonyl (C=O) groups excluding carboxylic acids is 2. The number of non-ortho nitro benzene ring substituents is 1. The monoisotopic (exact) mass is 434 g/mol. The number of benzene rings is 1. The number of nitrogens with zero attached hydrogens (tertiary/aromatic N) is 2. The number of carbonyl (C=O) groups is 3. The summed E-state index contributed by atoms with van der Waals surface area (Å²) in [5.74, 6) is -2.97. The second-order valence-electron chi connectivity index (χ2n) is 6.77. The van der Waals surface area contributed by atoms with Gasteiger partial charge in [-0.2, -0.15) is 0 Å². The first kappa shape index (κ1) is 21.5. The Labute approximate surface area is 175 Å². The molecule has 2 aliphatic heterocycles. The number of β-lactam (4-membered cyclic amide) rings is 1. The molecule has 1 aromatic rings. The maximum Gasteiger partial charge on any atom is 0.353 e. The molecule has 2 heterocycles. The van der Waals surface area contributed by atoms with Crippen LogP contribution >= 0.6 is 11.8 Å². The highest BCUT2D eigenvalue weighted by molar-refractivity contribution is 8.05. The van der Waals surface area contributed by atoms with E-state index < -0.39 is 40.8 Å². The van der Waals surface area contributed by atoms with Crippen LogP contribution in [0.2, 0.25) is 0 Å². The molecular formula is C19H18N2O8S. The van der Waals surface area contributed by atoms with Crippen LogP contribution in [0.4, 0.5) is 5.69 Å². The van der Waals surface area contributed by atoms with E-state index in [9.17, 15) is 34.7 Å². The molecule has 0 bridgehead atoms. The van der Waals surface area contributed by atoms with Gasteiger partial charge in [-0.25, -0.2) is 9.59 Å². The standard InChI is InChI=1S/C19H18N2O8S/c1-10(22)16-13-8-14(17(19(25)26)20(13)18(16)24)30-7-6-15(23)29-9-11-2-4-12(5-3-11)21(27)28/h2-7,10,13,16,22H,8-9H2,1H3,(H,25,26)/b7-6+/t10-,13+,16-/m0/s1. The lowest BCUT2D eigenvalue weighted by atomic mass is 9.83. The van der Waals surface area contributed by atoms with Crippen LogP contribution in [0.5, 0.6) is 0 Å². The molecule has 0 spiro atoms. The lowest BCUT2D eigenvalue weighted by molar-refractivity contribution is -0.384. The lowest BCUT2D eigenvalue weighted by Gasteiger charge is -2.44. The molecule has 0 saturated carbocycles. The van der Waals surface area contributed by atoms with Gasteiger partial charge in [0.05, 0.1) is 23.0 Å². The SMILES string of the molecule is C[C@H](O)[C@@H]1C(=O)N2C(C(=O)O)=C(S/C=C/C(=O)OCc3ccc([N+](=O)[O-])cc3)C[C@H]12. The number of aliphatic hydroxyl groups is 1. The van der Waals surface area contributed by atoms with Gasteiger partial charge >= 0.3 is 11.9 Å². The highest BCUT2D eigenvalue weighted by Gasteiger charge is 2.56. The van der Waals surface area contributed by atoms with Gasteiger partial charge in [0.1, 0.15) is 12.3 Å². The number of amides is 1. The fourth-order valence-corrected chi connectivity index (χ4v) is 4.33. The molecule has 1 amide bonds. The van der Waals surface area contributed by atoms with Crippen molar-refractivity contribution < 1.29 is 34.3 Å². The Hall–Kier alpha value is -3.18. The molecule has 2 N–H and O–H groups in total. The smallest absolute Gasteiger partial charge is 0.353 e. The van der Waals surface area contributed by atoms with Crippen molar-refractivity contribution in [1.82, 2.24) is 4.90 Å². The van der Waals surface area contributed by atoms with Crippen LogP contribution in [0.1, 0.15) is 18.9 Å². The third kappa shape index (κ3) is 4.21. The fraction of sp³-hybridized carbons (Fsp3) is 0.316. The van der Waals surface area contributed by atoms with Crippen molar-refractivity contribution in [3.63, 3.8) is 0 Å². The quantitative estimate of drug-likeness (QED) is 0.205. The topological polar surface area (TPSA) is 147 Å². The summed E-state index contributed by atoms with van der Waals surface area (Å²) in [4.78, 5) is 47.2. The molecule has 2 aliphatic rings. The minimum Gasteiger partial charge on any atom is -0.477 e. The minimum absolute atomic E-state index is 0.0681. The normalized spacial score (nSPS) is 21.4. The Morgan fingerprint density at radius 1 is 1.40 bits per heavy atom. The molecule has 3 rings (SSSR count). The number of esters is 1. The average molecular weight is 434 g/mol. The summed E-state index contributed by atoms with van der Waals surface area (Å²) in [5, 5.41) is 31.1. The highest BCUT2D eigenvalue weighted by Crippen LogP contribution is 2.47. The number of carboxylic acids is 1. The van der Waals surface area contributed by atoms with E-state index in [-0.39, 0.29) is 24.4 Å². The second-order valence-corrected chi connectivity index (χ2v) is 7.78. The number of rotatable bonds is 8. The summed E-state index contributed by atoms with van der Waals surface area (Å²) in [6.45, 7) is 1.42. The summed E-state index contributed by atoms with van der Waals surface area (Å²) < 4.78 is 5.05. The van der Waals surface area contributed by atoms with Crippen LogP contribution in [-0.4, -0.2) is 50.0 Å². The summed E-state index contributed by atoms with van der Waals surface area (Å²) in [6, 6.07) is 5.17. The van der Waals surface area contributed by atoms with Crippen molar-refractivity contribution >= 4 is 35.3 Å². The largest absolute Gasteiger partial charge is 0.477 e. The highest BCUT2D eigenvalue weighted by atomic mass is 32.2. The molecule has 0 unspecified atom stereocenters. The third-order valence-electron chi connectivity index (χ3n) is 4.83. The van der Waals surface area contributed by atoms with Crippen LogP contribution in [0, 0.1) is 16.0 Å². The van der Waals surface area contributed by atoms with Gasteiger partial charge in [0.15, 0.2) is 0 Å². The van der Waals surface area contributed by atoms with Crippen LogP contribution in [-0.2, 0) is 25.7 Å². The van der Waals surface area contributed by atoms with Crippen molar-refractivity contribution in [2.75, 3.05) is 0 Å². The number of ether oxygens (including phenoxy) is 1. The molecule has 158 valence electrons. The summed E-state index contributed by atoms with van der Waals surface area (Å²) in [7, 11) is 0. The van der Waals surface area contributed by atoms with Crippen molar-refractivity contribution in [3.05, 3.63) is 62.0 Å². The predicted molar refractivity (Wildman–Crippen MR) is 105 cm³/mol. The maximum atomic E-state index is 12.1. The first-order valence-corrected chi connectivity index (χ1v) is 9.79. The zero-order valence-corrected chi connectivity index (χ0v) is 16.6. The number of hydrogen-bond acceptors (Lipinski definition) is 8. The van der Waals surface area contributed by atoms with Gasteiger partial charge < -0.3 is 19.8 Å². The van der Waals surface area contributed by atoms with E-state index in [0.29, 0.717) is 10.5 Å². The third-order valence-corrected chi connectivity index (χ3v) is 5.75. The van der Waals surface area contributed by atoms with Gasteiger partial charge in [0.2, 0.25) is 5.91 Å². The molecule has 1 aromatic carbocycles. The van der Waals surface area contributed by atoms with Crippen LogP contribution < -0.4 is 0 Å². The number of thioether (sulfide) groups is 1. The first-order valence-electron chi connectivity index (χ1n) is 8.91. The van der Waals surface area contributed by atoms with E-state index in [0.717, 1.165) is 17.8 Å². The molecule has 11 heteroatoms. The molecule has 10 nitrogen and oxygen atoms in total. The van der Waals surface area contributed by atoms with Gasteiger partial charge in [0, 0.05) is 29.5 Å². The van der Waals surface area contributed by atoms with E-state index in [4.69, 9.17) is 4.74 Å². The van der Waals surface area contributed by atoms with E-state index in [1.807, 2.05) is 0 Å². The van der Waals surface area contributed by atoms with Crippen molar-refractivity contribution in [1.29, 1.82) is 0 Å². The van der Waals surface area contributed by atoms with Crippen LogP contribution in [0.15, 0.2) is 46.4 Å². The van der Waals surface area contributed by atoms with E-state index in [1.54, 1.807) is 0 Å². The Morgan fingerprint density at radius 3 is 2.63 bits per heavy atom. The number of aliphatic hydroxyl groups excluding tert-OH is 1. The Kier molecular flexibility index (Phi) is 6.22. The number of fused-ring (bicyclic) bond motifs is 1. The fourth-order valence-electron chi connectivity index (χ4n) is 3.42. The number of nitro benzene ring substituents is 1. The predicted octanol–water partition coefficient (Wildman–Crippen LogP) is 1.79. The lowest BCUT2D eigenvalue weighted by Crippen LogP contribution is -2.61. The number of nitro groups is 1. The second kappa shape index (κ2) is 8.67. The van der Waals surface area contributed by atoms with Gasteiger partial charge in [-0.15, -0.1) is 0 Å². The van der Waals surface area contributed by atoms with Gasteiger partial charge in [-0.3, -0.25) is 14.9 Å². The average Bonchev–Trinajstić information content (AvgIpc) is 3.00. The maximum absolute atomic E-state index is 12.1. The van der Waals surface area contributed by atoms with Crippen LogP contribution in [0.3, 0.4) is 0 Å². The van der Waals surface area contributed by atoms with Crippen molar-refractivity contribution in [2.45, 2.75) is 32.1 Å². The molecule has 3 atom stereocenters. The van der Waals surface area contributed by atoms with Gasteiger partial charge in [0.25, 0.3) is 5.69 Å². The zero-order chi connectivity index (χ0) is 22.0. The number of hydrogen-bond donors (Lipinski definition) is 2. The summed E-state index contributed by atoms with van der Waals surface area (Å²) in [5.41, 5.74) is 0.381. The molecule has 30 heavy (non-hydrogen) atoms. The number of carboxylic acid groups (broad SMARTS) is 1. The summed E-state index contributed by atoms with van der Waals surface area (Å²) >= 11 is 1.01. The van der Waals surface area contributed by atoms with E-state index in [1.165, 1.54) is 41.5 Å². The van der Waals surface area contributed by atoms with Gasteiger partial charge in [-0.1, -0.05) is 11.8 Å². The number of aliphatic carboxylic acids is 1. The van der Waals surface area contributed by atoms with Gasteiger partial charge in [-0.05, 0) is 30.0 Å². The van der Waals surface area contributed by atoms with E-state index >= 15 is 0 Å². The van der Waals surface area contributed by atoms with E-state index in [2.05, 4.69) is 0 Å². The molecular weight excluding hydrogens is 416 g/mol. The zero-order valence-electron chi connectivity index (χ0n) is 15.8. The van der Waals surface area contributed by atoms with Crippen molar-refractivity contribution in [2.24, 2.45) is 5.92 Å². The molecule has 0 aliphatic carbocycles. The Morgan fingerprint density at radius 2 is 2.07 bits per heavy atom. The summed E-state index contributed by atoms with van der Waals surface area (Å²) in [6.07, 6.45) is 0.546. The van der Waals surface area contributed by atoms with Crippen LogP contribution in [0.25, 0.3) is 0 Å². The first-order chi connectivity index (χ1) is 14.2. The molecule has 0 radical (unpaired) electrons. The van der Waals surface area contributed by atoms with Crippen molar-refractivity contribution in [3.8, 4) is 0 Å². The molecule has 1 saturated heterocycles. The minimum atomic E-state index is -1.24. The molecule has 1 fully saturated rings. The molecule has 0 aromatic heterocycles. The Balaban J connectivity index is 1.56. The Bertz CT molecular complexity index is 954.